The van der Waals surface area contributed by atoms with Crippen molar-refractivity contribution in [2.24, 2.45) is 29.6 Å². The third-order valence-electron chi connectivity index (χ3n) is 13.2. The van der Waals surface area contributed by atoms with Gasteiger partial charge in [-0.05, 0) is 87.8 Å². The highest BCUT2D eigenvalue weighted by Crippen LogP contribution is 2.39. The topological polar surface area (TPSA) is 182 Å². The molecule has 2 saturated heterocycles. The van der Waals surface area contributed by atoms with Crippen molar-refractivity contribution in [1.82, 2.24) is 4.90 Å². The number of carbonyl (C=O) groups excluding carboxylic acids is 3. The molecule has 320 valence electrons. The Bertz CT molecular complexity index is 1390. The number of Topliss-reactive ketones (excluding diaryl/α,β-unsaturated/α-hetero) is 2. The van der Waals surface area contributed by atoms with Gasteiger partial charge in [0, 0.05) is 45.5 Å². The molecular formula is C43H71NO12. The number of ether oxygens (including phenoxy) is 5. The summed E-state index contributed by atoms with van der Waals surface area (Å²) in [4.78, 5) is 44.1. The van der Waals surface area contributed by atoms with Crippen LogP contribution in [-0.2, 0) is 38.1 Å². The van der Waals surface area contributed by atoms with Gasteiger partial charge in [-0.3, -0.25) is 19.3 Å². The number of fused-ring (bicyclic) bond motifs is 3. The lowest BCUT2D eigenvalue weighted by molar-refractivity contribution is -0.304. The predicted molar refractivity (Wildman–Crippen MR) is 209 cm³/mol. The third kappa shape index (κ3) is 10.9. The normalized spacial score (nSPS) is 43.2. The van der Waals surface area contributed by atoms with E-state index in [2.05, 4.69) is 0 Å². The van der Waals surface area contributed by atoms with Gasteiger partial charge >= 0.3 is 5.97 Å². The Hall–Kier alpha value is -2.07. The molecule has 4 N–H and O–H groups in total. The Labute approximate surface area is 334 Å². The van der Waals surface area contributed by atoms with Crippen molar-refractivity contribution in [3.05, 3.63) is 23.3 Å². The first-order valence-corrected chi connectivity index (χ1v) is 20.9. The third-order valence-corrected chi connectivity index (χ3v) is 13.2. The molecule has 13 heteroatoms. The number of piperidine rings is 1. The molecule has 0 aromatic carbocycles. The van der Waals surface area contributed by atoms with Gasteiger partial charge in [-0.25, -0.2) is 0 Å². The zero-order chi connectivity index (χ0) is 41.5. The average molecular weight is 794 g/mol. The van der Waals surface area contributed by atoms with Crippen LogP contribution >= 0.6 is 0 Å². The van der Waals surface area contributed by atoms with Crippen LogP contribution in [0.3, 0.4) is 0 Å². The number of nitrogens with zero attached hydrogens (tertiary/aromatic N) is 1. The van der Waals surface area contributed by atoms with Crippen LogP contribution in [0.25, 0.3) is 0 Å². The van der Waals surface area contributed by atoms with E-state index >= 15 is 0 Å². The molecule has 2 bridgehead atoms. The fraction of sp³-hybridized carbons (Fsp3) is 0.837. The minimum absolute atomic E-state index is 0.0318. The molecular weight excluding hydrogens is 722 g/mol. The Morgan fingerprint density at radius 1 is 0.911 bits per heavy atom. The molecule has 15 unspecified atom stereocenters. The van der Waals surface area contributed by atoms with Crippen molar-refractivity contribution in [2.75, 3.05) is 34.4 Å². The number of aliphatic hydroxyl groups excluding tert-OH is 3. The number of allylic oxidation sites excluding steroid dienone is 2. The molecule has 0 amide bonds. The highest BCUT2D eigenvalue weighted by molar-refractivity contribution is 5.95. The van der Waals surface area contributed by atoms with Crippen LogP contribution in [-0.4, -0.2) is 138 Å². The van der Waals surface area contributed by atoms with E-state index in [1.807, 2.05) is 33.8 Å². The van der Waals surface area contributed by atoms with Crippen LogP contribution in [0, 0.1) is 29.6 Å². The minimum Gasteiger partial charge on any atom is -0.456 e. The standard InChI is InChI=1S/C43H71NO12/c1-10-30-18-24(2)39(49)25(3)19-36(53-8)41-37(54-9)20-27(5)43(51,56-41)38(48)23-44-16-12-11-13-31(44)42(50)55-40(28(6)33(46)22-34(30)47)26(4)17-29-14-15-32(45)35(21-29)52-7/h17-18,24-25,27-29,31-33,35-37,39-41,45-46,49,51H,10-16,19-23H2,1-9H3/b26-17?,30-18+. The largest absolute Gasteiger partial charge is 0.456 e. The maximum Gasteiger partial charge on any atom is 0.323 e. The lowest BCUT2D eigenvalue weighted by atomic mass is 9.81. The molecule has 56 heavy (non-hydrogen) atoms. The van der Waals surface area contributed by atoms with Crippen LogP contribution in [0.2, 0.25) is 0 Å². The number of carbonyl (C=O) groups is 3. The van der Waals surface area contributed by atoms with Crippen molar-refractivity contribution in [3.8, 4) is 0 Å². The summed E-state index contributed by atoms with van der Waals surface area (Å²) in [6.07, 6.45) is 2.52. The van der Waals surface area contributed by atoms with Crippen molar-refractivity contribution in [2.45, 2.75) is 166 Å². The second-order valence-corrected chi connectivity index (χ2v) is 17.2. The van der Waals surface area contributed by atoms with Crippen molar-refractivity contribution >= 4 is 17.5 Å². The van der Waals surface area contributed by atoms with E-state index < -0.39 is 84.1 Å². The Morgan fingerprint density at radius 2 is 1.57 bits per heavy atom. The van der Waals surface area contributed by atoms with Crippen molar-refractivity contribution in [3.63, 3.8) is 0 Å². The van der Waals surface area contributed by atoms with Gasteiger partial charge in [0.2, 0.25) is 11.6 Å². The number of esters is 1. The average Bonchev–Trinajstić information content (AvgIpc) is 3.18. The van der Waals surface area contributed by atoms with Crippen molar-refractivity contribution < 1.29 is 58.5 Å². The molecule has 1 saturated carbocycles. The summed E-state index contributed by atoms with van der Waals surface area (Å²) in [5, 5.41) is 45.7. The van der Waals surface area contributed by atoms with Crippen LogP contribution in [0.1, 0.15) is 106 Å². The van der Waals surface area contributed by atoms with Gasteiger partial charge in [0.15, 0.2) is 5.78 Å². The summed E-state index contributed by atoms with van der Waals surface area (Å²) in [5.41, 5.74) is 1.20. The minimum atomic E-state index is -2.19. The molecule has 1 aliphatic carbocycles. The molecule has 3 aliphatic heterocycles. The number of aliphatic hydroxyl groups is 4. The molecule has 0 aromatic heterocycles. The number of hydrogen-bond donors (Lipinski definition) is 4. The maximum atomic E-state index is 14.3. The second-order valence-electron chi connectivity index (χ2n) is 17.2. The molecule has 3 fully saturated rings. The number of hydrogen-bond acceptors (Lipinski definition) is 13. The monoisotopic (exact) mass is 793 g/mol. The van der Waals surface area contributed by atoms with E-state index in [-0.39, 0.29) is 36.7 Å². The van der Waals surface area contributed by atoms with Gasteiger partial charge in [0.1, 0.15) is 18.2 Å². The van der Waals surface area contributed by atoms with E-state index in [0.717, 1.165) is 12.8 Å². The van der Waals surface area contributed by atoms with Crippen LogP contribution in [0.4, 0.5) is 0 Å². The second kappa shape index (κ2) is 20.8. The van der Waals surface area contributed by atoms with Gasteiger partial charge < -0.3 is 44.1 Å². The van der Waals surface area contributed by atoms with Gasteiger partial charge in [-0.1, -0.05) is 53.2 Å². The molecule has 4 aliphatic rings. The highest BCUT2D eigenvalue weighted by Gasteiger charge is 2.54. The first kappa shape index (κ1) is 46.6. The first-order valence-electron chi connectivity index (χ1n) is 20.9. The smallest absolute Gasteiger partial charge is 0.323 e. The fourth-order valence-electron chi connectivity index (χ4n) is 9.43. The van der Waals surface area contributed by atoms with E-state index in [4.69, 9.17) is 23.7 Å². The lowest BCUT2D eigenvalue weighted by Crippen LogP contribution is -2.63. The number of ketones is 2. The fourth-order valence-corrected chi connectivity index (χ4v) is 9.43. The summed E-state index contributed by atoms with van der Waals surface area (Å²) in [6, 6.07) is -0.791. The molecule has 4 rings (SSSR count). The Balaban J connectivity index is 1.75. The Kier molecular flexibility index (Phi) is 17.3. The molecule has 0 radical (unpaired) electrons. The van der Waals surface area contributed by atoms with Gasteiger partial charge in [0.05, 0.1) is 43.2 Å². The lowest BCUT2D eigenvalue weighted by Gasteiger charge is -2.47. The van der Waals surface area contributed by atoms with E-state index in [1.165, 1.54) is 7.11 Å². The van der Waals surface area contributed by atoms with Crippen LogP contribution < -0.4 is 0 Å². The predicted octanol–water partition coefficient (Wildman–Crippen LogP) is 3.92. The zero-order valence-corrected chi connectivity index (χ0v) is 35.2. The van der Waals surface area contributed by atoms with Crippen molar-refractivity contribution in [1.29, 1.82) is 0 Å². The van der Waals surface area contributed by atoms with Crippen LogP contribution in [0.5, 0.6) is 0 Å². The quantitative estimate of drug-likeness (QED) is 0.225. The van der Waals surface area contributed by atoms with Gasteiger partial charge in [-0.15, -0.1) is 0 Å². The molecule has 13 nitrogen and oxygen atoms in total. The molecule has 3 heterocycles. The molecule has 15 atom stereocenters. The van der Waals surface area contributed by atoms with E-state index in [9.17, 15) is 34.8 Å². The summed E-state index contributed by atoms with van der Waals surface area (Å²) >= 11 is 0. The molecule has 0 spiro atoms. The van der Waals surface area contributed by atoms with Gasteiger partial charge in [-0.2, -0.15) is 0 Å². The summed E-state index contributed by atoms with van der Waals surface area (Å²) in [7, 11) is 4.65. The SMILES string of the molecule is CC/C1=C\C(C)C(O)C(C)CC(OC)C2OC(O)(C(=O)CN3CCCCC3C(=O)OC(C(C)=CC3CCC(O)C(OC)C3)C(C)C(O)CC1=O)C(C)CC2OC. The Morgan fingerprint density at radius 3 is 2.21 bits per heavy atom. The number of rotatable bonds is 6. The first-order chi connectivity index (χ1) is 26.5. The van der Waals surface area contributed by atoms with Crippen LogP contribution in [0.15, 0.2) is 23.3 Å². The summed E-state index contributed by atoms with van der Waals surface area (Å²) in [6.45, 7) is 11.1. The number of cyclic esters (lactones) is 1. The van der Waals surface area contributed by atoms with E-state index in [1.54, 1.807) is 39.0 Å². The highest BCUT2D eigenvalue weighted by atomic mass is 16.7. The van der Waals surface area contributed by atoms with E-state index in [0.29, 0.717) is 62.6 Å². The zero-order valence-electron chi connectivity index (χ0n) is 35.2. The maximum absolute atomic E-state index is 14.3. The van der Waals surface area contributed by atoms with Gasteiger partial charge in [0.25, 0.3) is 0 Å². The molecule has 0 aromatic rings. The summed E-state index contributed by atoms with van der Waals surface area (Å²) in [5.74, 6) is -5.64. The number of methoxy groups -OCH3 is 3. The summed E-state index contributed by atoms with van der Waals surface area (Å²) < 4.78 is 30.0.